The normalized spacial score (nSPS) is 10.4. The zero-order chi connectivity index (χ0) is 15.1. The predicted octanol–water partition coefficient (Wildman–Crippen LogP) is 4.42. The van der Waals surface area contributed by atoms with Crippen LogP contribution in [0.3, 0.4) is 0 Å². The van der Waals surface area contributed by atoms with Gasteiger partial charge in [-0.3, -0.25) is 0 Å². The van der Waals surface area contributed by atoms with Gasteiger partial charge < -0.3 is 15.2 Å². The Hall–Kier alpha value is -1.71. The van der Waals surface area contributed by atoms with Gasteiger partial charge >= 0.3 is 0 Å². The molecule has 0 radical (unpaired) electrons. The van der Waals surface area contributed by atoms with Crippen LogP contribution >= 0.6 is 11.6 Å². The van der Waals surface area contributed by atoms with E-state index in [4.69, 9.17) is 26.8 Å². The van der Waals surface area contributed by atoms with E-state index in [0.29, 0.717) is 23.9 Å². The van der Waals surface area contributed by atoms with Crippen LogP contribution in [0.25, 0.3) is 0 Å². The fourth-order valence-electron chi connectivity index (χ4n) is 1.96. The molecule has 0 atom stereocenters. The van der Waals surface area contributed by atoms with Crippen molar-refractivity contribution in [2.75, 3.05) is 13.2 Å². The Morgan fingerprint density at radius 1 is 1.05 bits per heavy atom. The van der Waals surface area contributed by atoms with E-state index in [9.17, 15) is 0 Å². The molecule has 0 aliphatic carbocycles. The first-order valence-electron chi connectivity index (χ1n) is 7.12. The average molecular weight is 306 g/mol. The molecule has 112 valence electrons. The summed E-state index contributed by atoms with van der Waals surface area (Å²) in [5.41, 5.74) is 6.63. The maximum absolute atomic E-state index is 6.22. The van der Waals surface area contributed by atoms with Crippen LogP contribution in [0.5, 0.6) is 17.2 Å². The van der Waals surface area contributed by atoms with Crippen molar-refractivity contribution in [3.63, 3.8) is 0 Å². The molecule has 0 saturated carbocycles. The topological polar surface area (TPSA) is 44.5 Å². The Labute approximate surface area is 130 Å². The average Bonchev–Trinajstić information content (AvgIpc) is 2.50. The lowest BCUT2D eigenvalue weighted by molar-refractivity contribution is 0.317. The highest BCUT2D eigenvalue weighted by Gasteiger charge is 2.09. The Morgan fingerprint density at radius 3 is 2.43 bits per heavy atom. The SMILES string of the molecule is CCCOc1ccc(Oc2c(Cl)cccc2CCN)cc1. The molecule has 21 heavy (non-hydrogen) atoms. The van der Waals surface area contributed by atoms with Crippen LogP contribution in [-0.4, -0.2) is 13.2 Å². The summed E-state index contributed by atoms with van der Waals surface area (Å²) >= 11 is 6.22. The summed E-state index contributed by atoms with van der Waals surface area (Å²) in [6.45, 7) is 3.35. The summed E-state index contributed by atoms with van der Waals surface area (Å²) in [6, 6.07) is 13.2. The number of benzene rings is 2. The van der Waals surface area contributed by atoms with E-state index in [-0.39, 0.29) is 0 Å². The molecule has 0 amide bonds. The molecule has 2 aromatic carbocycles. The lowest BCUT2D eigenvalue weighted by Gasteiger charge is -2.13. The third-order valence-electron chi connectivity index (χ3n) is 2.98. The van der Waals surface area contributed by atoms with Crippen LogP contribution in [0.2, 0.25) is 5.02 Å². The standard InChI is InChI=1S/C17H20ClNO2/c1-2-12-20-14-6-8-15(9-7-14)21-17-13(10-11-19)4-3-5-16(17)18/h3-9H,2,10-12,19H2,1H3. The van der Waals surface area contributed by atoms with Gasteiger partial charge in [-0.2, -0.15) is 0 Å². The van der Waals surface area contributed by atoms with Crippen molar-refractivity contribution < 1.29 is 9.47 Å². The summed E-state index contributed by atoms with van der Waals surface area (Å²) < 4.78 is 11.5. The van der Waals surface area contributed by atoms with E-state index in [1.807, 2.05) is 42.5 Å². The maximum Gasteiger partial charge on any atom is 0.149 e. The van der Waals surface area contributed by atoms with Crippen LogP contribution < -0.4 is 15.2 Å². The monoisotopic (exact) mass is 305 g/mol. The number of rotatable bonds is 7. The molecular formula is C17H20ClNO2. The van der Waals surface area contributed by atoms with Crippen LogP contribution in [0.1, 0.15) is 18.9 Å². The number of halogens is 1. The van der Waals surface area contributed by atoms with Gasteiger partial charge in [-0.1, -0.05) is 30.7 Å². The summed E-state index contributed by atoms with van der Waals surface area (Å²) in [5.74, 6) is 2.24. The second kappa shape index (κ2) is 7.91. The van der Waals surface area contributed by atoms with Crippen molar-refractivity contribution in [2.45, 2.75) is 19.8 Å². The van der Waals surface area contributed by atoms with Crippen LogP contribution in [0, 0.1) is 0 Å². The lowest BCUT2D eigenvalue weighted by atomic mass is 10.1. The van der Waals surface area contributed by atoms with Crippen molar-refractivity contribution >= 4 is 11.6 Å². The van der Waals surface area contributed by atoms with Gasteiger partial charge in [0.25, 0.3) is 0 Å². The minimum Gasteiger partial charge on any atom is -0.494 e. The Balaban J connectivity index is 2.14. The fraction of sp³-hybridized carbons (Fsp3) is 0.294. The molecular weight excluding hydrogens is 286 g/mol. The highest BCUT2D eigenvalue weighted by atomic mass is 35.5. The summed E-state index contributed by atoms with van der Waals surface area (Å²) in [5, 5.41) is 0.590. The Morgan fingerprint density at radius 2 is 1.76 bits per heavy atom. The Kier molecular flexibility index (Phi) is 5.90. The lowest BCUT2D eigenvalue weighted by Crippen LogP contribution is -2.04. The Bertz CT molecular complexity index is 570. The second-order valence-electron chi connectivity index (χ2n) is 4.69. The molecule has 0 bridgehead atoms. The van der Waals surface area contributed by atoms with Gasteiger partial charge in [-0.25, -0.2) is 0 Å². The van der Waals surface area contributed by atoms with E-state index in [1.165, 1.54) is 0 Å². The molecule has 0 fully saturated rings. The van der Waals surface area contributed by atoms with Crippen molar-refractivity contribution in [3.05, 3.63) is 53.1 Å². The van der Waals surface area contributed by atoms with E-state index < -0.39 is 0 Å². The number of hydrogen-bond donors (Lipinski definition) is 1. The third-order valence-corrected chi connectivity index (χ3v) is 3.28. The maximum atomic E-state index is 6.22. The van der Waals surface area contributed by atoms with Crippen LogP contribution in [0.4, 0.5) is 0 Å². The van der Waals surface area contributed by atoms with Gasteiger partial charge in [0.05, 0.1) is 11.6 Å². The molecule has 3 nitrogen and oxygen atoms in total. The smallest absolute Gasteiger partial charge is 0.149 e. The summed E-state index contributed by atoms with van der Waals surface area (Å²) in [7, 11) is 0. The number of ether oxygens (including phenoxy) is 2. The van der Waals surface area contributed by atoms with E-state index >= 15 is 0 Å². The second-order valence-corrected chi connectivity index (χ2v) is 5.10. The first-order chi connectivity index (χ1) is 10.2. The quantitative estimate of drug-likeness (QED) is 0.823. The molecule has 0 spiro atoms. The molecule has 2 rings (SSSR count). The number of hydrogen-bond acceptors (Lipinski definition) is 3. The van der Waals surface area contributed by atoms with E-state index in [0.717, 1.165) is 29.9 Å². The van der Waals surface area contributed by atoms with Gasteiger partial charge in [0.1, 0.15) is 17.2 Å². The van der Waals surface area contributed by atoms with Crippen LogP contribution in [0.15, 0.2) is 42.5 Å². The highest BCUT2D eigenvalue weighted by Crippen LogP contribution is 2.33. The molecule has 0 aliphatic rings. The predicted molar refractivity (Wildman–Crippen MR) is 86.5 cm³/mol. The molecule has 0 aliphatic heterocycles. The third kappa shape index (κ3) is 4.38. The van der Waals surface area contributed by atoms with Gasteiger partial charge in [-0.15, -0.1) is 0 Å². The highest BCUT2D eigenvalue weighted by molar-refractivity contribution is 6.32. The van der Waals surface area contributed by atoms with Crippen molar-refractivity contribution in [1.29, 1.82) is 0 Å². The molecule has 2 N–H and O–H groups in total. The van der Waals surface area contributed by atoms with Crippen molar-refractivity contribution in [3.8, 4) is 17.2 Å². The molecule has 0 heterocycles. The summed E-state index contributed by atoms with van der Waals surface area (Å²) in [4.78, 5) is 0. The molecule has 0 unspecified atom stereocenters. The fourth-order valence-corrected chi connectivity index (χ4v) is 2.19. The zero-order valence-corrected chi connectivity index (χ0v) is 12.9. The minimum absolute atomic E-state index is 0.556. The molecule has 4 heteroatoms. The largest absolute Gasteiger partial charge is 0.494 e. The van der Waals surface area contributed by atoms with Gasteiger partial charge in [0.2, 0.25) is 0 Å². The molecule has 0 aromatic heterocycles. The van der Waals surface area contributed by atoms with Gasteiger partial charge in [0, 0.05) is 0 Å². The zero-order valence-electron chi connectivity index (χ0n) is 12.1. The van der Waals surface area contributed by atoms with Crippen molar-refractivity contribution in [2.24, 2.45) is 5.73 Å². The number of para-hydroxylation sites is 1. The first kappa shape index (κ1) is 15.7. The molecule has 0 saturated heterocycles. The minimum atomic E-state index is 0.556. The van der Waals surface area contributed by atoms with E-state index in [2.05, 4.69) is 6.92 Å². The van der Waals surface area contributed by atoms with Crippen molar-refractivity contribution in [1.82, 2.24) is 0 Å². The van der Waals surface area contributed by atoms with Gasteiger partial charge in [0.15, 0.2) is 0 Å². The van der Waals surface area contributed by atoms with E-state index in [1.54, 1.807) is 0 Å². The number of nitrogens with two attached hydrogens (primary N) is 1. The first-order valence-corrected chi connectivity index (χ1v) is 7.50. The van der Waals surface area contributed by atoms with Gasteiger partial charge in [-0.05, 0) is 55.3 Å². The van der Waals surface area contributed by atoms with Crippen LogP contribution in [-0.2, 0) is 6.42 Å². The summed E-state index contributed by atoms with van der Waals surface area (Å²) in [6.07, 6.45) is 1.72. The molecule has 2 aromatic rings.